The second kappa shape index (κ2) is 9.31. The van der Waals surface area contributed by atoms with Crippen LogP contribution >= 0.6 is 12.4 Å². The van der Waals surface area contributed by atoms with Crippen molar-refractivity contribution in [3.8, 4) is 6.07 Å². The van der Waals surface area contributed by atoms with Crippen LogP contribution in [0.3, 0.4) is 0 Å². The van der Waals surface area contributed by atoms with Crippen molar-refractivity contribution in [3.63, 3.8) is 0 Å². The van der Waals surface area contributed by atoms with Gasteiger partial charge in [-0.1, -0.05) is 6.07 Å². The SMILES string of the molecule is CC(=O)NC1CCCN(c2nc(Nc3ccc(C)c(C#N)c3)nc3c2CCC3)C1.Cl. The Morgan fingerprint density at radius 1 is 1.27 bits per heavy atom. The molecule has 0 bridgehead atoms. The molecule has 1 saturated heterocycles. The lowest BCUT2D eigenvalue weighted by Crippen LogP contribution is -2.47. The maximum atomic E-state index is 11.5. The Hall–Kier alpha value is -2.85. The van der Waals surface area contributed by atoms with E-state index >= 15 is 0 Å². The first-order valence-electron chi connectivity index (χ1n) is 10.2. The van der Waals surface area contributed by atoms with Gasteiger partial charge in [0.2, 0.25) is 11.9 Å². The number of piperidine rings is 1. The van der Waals surface area contributed by atoms with Gasteiger partial charge in [-0.15, -0.1) is 12.4 Å². The van der Waals surface area contributed by atoms with Gasteiger partial charge in [0.25, 0.3) is 0 Å². The quantitative estimate of drug-likeness (QED) is 0.777. The van der Waals surface area contributed by atoms with Crippen molar-refractivity contribution >= 4 is 35.8 Å². The van der Waals surface area contributed by atoms with Crippen molar-refractivity contribution < 1.29 is 4.79 Å². The van der Waals surface area contributed by atoms with Crippen molar-refractivity contribution in [2.24, 2.45) is 0 Å². The normalized spacial score (nSPS) is 17.5. The first kappa shape index (κ1) is 21.8. The number of anilines is 3. The average Bonchev–Trinajstić information content (AvgIpc) is 3.17. The van der Waals surface area contributed by atoms with E-state index in [2.05, 4.69) is 21.6 Å². The summed E-state index contributed by atoms with van der Waals surface area (Å²) in [6, 6.07) is 8.08. The number of nitrogens with zero attached hydrogens (tertiary/aromatic N) is 4. The summed E-state index contributed by atoms with van der Waals surface area (Å²) >= 11 is 0. The van der Waals surface area contributed by atoms with Crippen LogP contribution in [0.25, 0.3) is 0 Å². The molecule has 0 spiro atoms. The third-order valence-electron chi connectivity index (χ3n) is 5.65. The highest BCUT2D eigenvalue weighted by Gasteiger charge is 2.27. The third-order valence-corrected chi connectivity index (χ3v) is 5.65. The minimum absolute atomic E-state index is 0. The molecule has 8 heteroatoms. The van der Waals surface area contributed by atoms with Gasteiger partial charge in [-0.3, -0.25) is 4.79 Å². The van der Waals surface area contributed by atoms with E-state index in [4.69, 9.17) is 9.97 Å². The molecule has 1 aliphatic heterocycles. The lowest BCUT2D eigenvalue weighted by atomic mass is 10.0. The number of halogens is 1. The molecule has 1 unspecified atom stereocenters. The van der Waals surface area contributed by atoms with Gasteiger partial charge in [0, 0.05) is 37.3 Å². The third kappa shape index (κ3) is 4.65. The van der Waals surface area contributed by atoms with Crippen LogP contribution in [0.1, 0.15) is 48.6 Å². The van der Waals surface area contributed by atoms with Crippen LogP contribution in [0.15, 0.2) is 18.2 Å². The van der Waals surface area contributed by atoms with Gasteiger partial charge >= 0.3 is 0 Å². The molecule has 2 aromatic rings. The molecule has 1 amide bonds. The zero-order valence-electron chi connectivity index (χ0n) is 17.4. The van der Waals surface area contributed by atoms with E-state index in [1.165, 1.54) is 5.56 Å². The van der Waals surface area contributed by atoms with Gasteiger partial charge in [0.05, 0.1) is 17.3 Å². The molecule has 0 radical (unpaired) electrons. The zero-order chi connectivity index (χ0) is 20.4. The minimum atomic E-state index is 0. The number of aryl methyl sites for hydroxylation is 2. The van der Waals surface area contributed by atoms with E-state index < -0.39 is 0 Å². The zero-order valence-corrected chi connectivity index (χ0v) is 18.2. The van der Waals surface area contributed by atoms with Crippen LogP contribution < -0.4 is 15.5 Å². The second-order valence-corrected chi connectivity index (χ2v) is 7.90. The van der Waals surface area contributed by atoms with Gasteiger partial charge < -0.3 is 15.5 Å². The Balaban J connectivity index is 0.00000256. The number of nitrogens with one attached hydrogen (secondary N) is 2. The molecule has 1 aromatic carbocycles. The van der Waals surface area contributed by atoms with Crippen molar-refractivity contribution in [2.75, 3.05) is 23.3 Å². The van der Waals surface area contributed by atoms with Crippen LogP contribution in [-0.4, -0.2) is 35.0 Å². The van der Waals surface area contributed by atoms with Crippen LogP contribution in [-0.2, 0) is 17.6 Å². The molecule has 2 N–H and O–H groups in total. The molecule has 30 heavy (non-hydrogen) atoms. The molecular weight excluding hydrogens is 400 g/mol. The highest BCUT2D eigenvalue weighted by atomic mass is 35.5. The summed E-state index contributed by atoms with van der Waals surface area (Å²) in [4.78, 5) is 23.4. The number of benzene rings is 1. The summed E-state index contributed by atoms with van der Waals surface area (Å²) in [6.07, 6.45) is 5.06. The molecule has 2 aliphatic rings. The van der Waals surface area contributed by atoms with E-state index in [0.717, 1.165) is 68.0 Å². The number of aromatic nitrogens is 2. The molecule has 7 nitrogen and oxygen atoms in total. The molecule has 158 valence electrons. The number of nitriles is 1. The number of hydrogen-bond donors (Lipinski definition) is 2. The number of carbonyl (C=O) groups excluding carboxylic acids is 1. The number of rotatable bonds is 4. The predicted molar refractivity (Wildman–Crippen MR) is 120 cm³/mol. The first-order valence-corrected chi connectivity index (χ1v) is 10.2. The Morgan fingerprint density at radius 3 is 2.87 bits per heavy atom. The van der Waals surface area contributed by atoms with Crippen LogP contribution in [0, 0.1) is 18.3 Å². The van der Waals surface area contributed by atoms with Crippen LogP contribution in [0.2, 0.25) is 0 Å². The molecule has 1 fully saturated rings. The summed E-state index contributed by atoms with van der Waals surface area (Å²) in [5.74, 6) is 1.56. The van der Waals surface area contributed by atoms with Crippen molar-refractivity contribution in [2.45, 2.75) is 52.0 Å². The summed E-state index contributed by atoms with van der Waals surface area (Å²) in [5.41, 5.74) is 4.75. The number of carbonyl (C=O) groups is 1. The van der Waals surface area contributed by atoms with Crippen molar-refractivity contribution in [3.05, 3.63) is 40.6 Å². The summed E-state index contributed by atoms with van der Waals surface area (Å²) in [5, 5.41) is 15.6. The summed E-state index contributed by atoms with van der Waals surface area (Å²) in [7, 11) is 0. The smallest absolute Gasteiger partial charge is 0.229 e. The maximum Gasteiger partial charge on any atom is 0.229 e. The van der Waals surface area contributed by atoms with Crippen molar-refractivity contribution in [1.82, 2.24) is 15.3 Å². The lowest BCUT2D eigenvalue weighted by Gasteiger charge is -2.35. The molecular formula is C22H27ClN6O. The minimum Gasteiger partial charge on any atom is -0.354 e. The van der Waals surface area contributed by atoms with Gasteiger partial charge in [-0.25, -0.2) is 4.98 Å². The highest BCUT2D eigenvalue weighted by molar-refractivity contribution is 5.85. The Labute approximate surface area is 183 Å². The largest absolute Gasteiger partial charge is 0.354 e. The summed E-state index contributed by atoms with van der Waals surface area (Å²) < 4.78 is 0. The number of hydrogen-bond acceptors (Lipinski definition) is 6. The van der Waals surface area contributed by atoms with Crippen LogP contribution in [0.5, 0.6) is 0 Å². The number of amides is 1. The lowest BCUT2D eigenvalue weighted by molar-refractivity contribution is -0.119. The monoisotopic (exact) mass is 426 g/mol. The van der Waals surface area contributed by atoms with Crippen LogP contribution in [0.4, 0.5) is 17.5 Å². The average molecular weight is 427 g/mol. The Bertz CT molecular complexity index is 986. The standard InChI is InChI=1S/C22H26N6O.ClH/c1-14-8-9-17(11-16(14)12-23)25-22-26-20-7-3-6-19(20)21(27-22)28-10-4-5-18(13-28)24-15(2)29;/h8-9,11,18H,3-7,10,13H2,1-2H3,(H,24,29)(H,25,26,27);1H. The topological polar surface area (TPSA) is 93.9 Å². The summed E-state index contributed by atoms with van der Waals surface area (Å²) in [6.45, 7) is 5.20. The van der Waals surface area contributed by atoms with Gasteiger partial charge in [-0.05, 0) is 56.7 Å². The fraction of sp³-hybridized carbons (Fsp3) is 0.455. The van der Waals surface area contributed by atoms with Gasteiger partial charge in [0.1, 0.15) is 5.82 Å². The van der Waals surface area contributed by atoms with E-state index in [1.54, 1.807) is 6.92 Å². The van der Waals surface area contributed by atoms with E-state index in [0.29, 0.717) is 11.5 Å². The van der Waals surface area contributed by atoms with Crippen molar-refractivity contribution in [1.29, 1.82) is 5.26 Å². The molecule has 4 rings (SSSR count). The van der Waals surface area contributed by atoms with Gasteiger partial charge in [0.15, 0.2) is 0 Å². The maximum absolute atomic E-state index is 11.5. The van der Waals surface area contributed by atoms with E-state index in [9.17, 15) is 10.1 Å². The van der Waals surface area contributed by atoms with E-state index in [1.807, 2.05) is 25.1 Å². The first-order chi connectivity index (χ1) is 14.0. The molecule has 0 saturated carbocycles. The Kier molecular flexibility index (Phi) is 6.78. The molecule has 1 aliphatic carbocycles. The molecule has 1 atom stereocenters. The van der Waals surface area contributed by atoms with Gasteiger partial charge in [-0.2, -0.15) is 10.2 Å². The predicted octanol–water partition coefficient (Wildman–Crippen LogP) is 3.42. The fourth-order valence-electron chi connectivity index (χ4n) is 4.25. The molecule has 2 heterocycles. The molecule has 1 aromatic heterocycles. The second-order valence-electron chi connectivity index (χ2n) is 7.90. The fourth-order valence-corrected chi connectivity index (χ4v) is 4.25. The van der Waals surface area contributed by atoms with E-state index in [-0.39, 0.29) is 24.4 Å². The Morgan fingerprint density at radius 2 is 2.10 bits per heavy atom. The number of fused-ring (bicyclic) bond motifs is 1. The highest BCUT2D eigenvalue weighted by Crippen LogP contribution is 2.32.